The molecule has 1 spiro atoms. The molecule has 0 aromatic rings. The topological polar surface area (TPSA) is 50.8 Å². The van der Waals surface area contributed by atoms with Gasteiger partial charge in [0.15, 0.2) is 0 Å². The zero-order valence-electron chi connectivity index (χ0n) is 12.4. The van der Waals surface area contributed by atoms with Crippen LogP contribution >= 0.6 is 0 Å². The summed E-state index contributed by atoms with van der Waals surface area (Å²) in [5.74, 6) is 0.611. The average molecular weight is 282 g/mol. The molecule has 1 heterocycles. The van der Waals surface area contributed by atoms with Crippen molar-refractivity contribution in [2.75, 3.05) is 33.4 Å². The third kappa shape index (κ3) is 3.09. The van der Waals surface area contributed by atoms with Crippen LogP contribution in [-0.2, 0) is 9.47 Å². The number of nitrogens with one attached hydrogen (secondary N) is 1. The highest BCUT2D eigenvalue weighted by molar-refractivity contribution is 5.74. The number of amides is 2. The molecule has 1 aliphatic heterocycles. The van der Waals surface area contributed by atoms with E-state index in [4.69, 9.17) is 9.47 Å². The predicted molar refractivity (Wildman–Crippen MR) is 75.6 cm³/mol. The van der Waals surface area contributed by atoms with Crippen LogP contribution in [-0.4, -0.2) is 56.0 Å². The van der Waals surface area contributed by atoms with Crippen LogP contribution in [0.15, 0.2) is 0 Å². The molecule has 0 bridgehead atoms. The van der Waals surface area contributed by atoms with E-state index in [0.29, 0.717) is 25.7 Å². The van der Waals surface area contributed by atoms with E-state index in [9.17, 15) is 4.79 Å². The van der Waals surface area contributed by atoms with Crippen molar-refractivity contribution in [3.05, 3.63) is 0 Å². The summed E-state index contributed by atoms with van der Waals surface area (Å²) < 4.78 is 11.2. The Morgan fingerprint density at radius 3 is 2.85 bits per heavy atom. The molecule has 0 unspecified atom stereocenters. The van der Waals surface area contributed by atoms with Crippen molar-refractivity contribution in [2.24, 2.45) is 5.92 Å². The van der Waals surface area contributed by atoms with Gasteiger partial charge >= 0.3 is 6.03 Å². The molecule has 0 radical (unpaired) electrons. The number of urea groups is 1. The number of nitrogens with zero attached hydrogens (tertiary/aromatic N) is 1. The zero-order valence-corrected chi connectivity index (χ0v) is 12.4. The van der Waals surface area contributed by atoms with E-state index < -0.39 is 0 Å². The molecule has 1 saturated heterocycles. The monoisotopic (exact) mass is 282 g/mol. The van der Waals surface area contributed by atoms with Crippen LogP contribution in [0.25, 0.3) is 0 Å². The van der Waals surface area contributed by atoms with Gasteiger partial charge in [-0.3, -0.25) is 0 Å². The van der Waals surface area contributed by atoms with E-state index >= 15 is 0 Å². The first-order chi connectivity index (χ1) is 9.72. The minimum absolute atomic E-state index is 0.0497. The number of methoxy groups -OCH3 is 1. The maximum atomic E-state index is 12.5. The second-order valence-corrected chi connectivity index (χ2v) is 6.51. The lowest BCUT2D eigenvalue weighted by Crippen LogP contribution is -2.56. The number of carbonyl (C=O) groups excluding carboxylic acids is 1. The molecule has 3 rings (SSSR count). The molecule has 3 aliphatic rings. The fraction of sp³-hybridized carbons (Fsp3) is 0.933. The molecular formula is C15H26N2O3. The van der Waals surface area contributed by atoms with Crippen LogP contribution in [0.2, 0.25) is 0 Å². The van der Waals surface area contributed by atoms with Gasteiger partial charge in [0.25, 0.3) is 0 Å². The summed E-state index contributed by atoms with van der Waals surface area (Å²) in [4.78, 5) is 14.4. The molecule has 5 heteroatoms. The molecule has 0 aromatic heterocycles. The molecule has 2 aliphatic carbocycles. The van der Waals surface area contributed by atoms with Crippen LogP contribution < -0.4 is 5.32 Å². The fourth-order valence-electron chi connectivity index (χ4n) is 3.56. The fourth-order valence-corrected chi connectivity index (χ4v) is 3.56. The van der Waals surface area contributed by atoms with Gasteiger partial charge in [-0.05, 0) is 31.6 Å². The normalized spacial score (nSPS) is 26.8. The van der Waals surface area contributed by atoms with Crippen LogP contribution in [0.3, 0.4) is 0 Å². The average Bonchev–Trinajstić information content (AvgIpc) is 3.21. The summed E-state index contributed by atoms with van der Waals surface area (Å²) in [6.45, 7) is 2.75. The van der Waals surface area contributed by atoms with Gasteiger partial charge in [-0.25, -0.2) is 4.79 Å². The van der Waals surface area contributed by atoms with Crippen LogP contribution in [0.1, 0.15) is 38.5 Å². The largest absolute Gasteiger partial charge is 0.383 e. The first kappa shape index (κ1) is 14.1. The predicted octanol–water partition coefficient (Wildman–Crippen LogP) is 1.77. The summed E-state index contributed by atoms with van der Waals surface area (Å²) in [6, 6.07) is 0.239. The van der Waals surface area contributed by atoms with Gasteiger partial charge in [-0.15, -0.1) is 0 Å². The second kappa shape index (κ2) is 5.90. The molecule has 2 saturated carbocycles. The number of hydrogen-bond donors (Lipinski definition) is 1. The Morgan fingerprint density at radius 1 is 1.45 bits per heavy atom. The summed E-state index contributed by atoms with van der Waals surface area (Å²) in [5.41, 5.74) is -0.0497. The van der Waals surface area contributed by atoms with Gasteiger partial charge in [-0.2, -0.15) is 0 Å². The van der Waals surface area contributed by atoms with Crippen molar-refractivity contribution in [2.45, 2.75) is 50.2 Å². The lowest BCUT2D eigenvalue weighted by molar-refractivity contribution is -0.0928. The first-order valence-electron chi connectivity index (χ1n) is 7.91. The van der Waals surface area contributed by atoms with Crippen molar-refractivity contribution >= 4 is 6.03 Å². The molecular weight excluding hydrogens is 256 g/mol. The van der Waals surface area contributed by atoms with Crippen molar-refractivity contribution in [1.29, 1.82) is 0 Å². The van der Waals surface area contributed by atoms with E-state index in [1.807, 2.05) is 4.90 Å². The summed E-state index contributed by atoms with van der Waals surface area (Å²) in [6.07, 6.45) is 7.07. The van der Waals surface area contributed by atoms with Crippen molar-refractivity contribution in [3.63, 3.8) is 0 Å². The van der Waals surface area contributed by atoms with Gasteiger partial charge < -0.3 is 19.7 Å². The minimum Gasteiger partial charge on any atom is -0.383 e. The minimum atomic E-state index is -0.0497. The molecule has 114 valence electrons. The number of morpholine rings is 1. The highest BCUT2D eigenvalue weighted by Crippen LogP contribution is 2.36. The maximum absolute atomic E-state index is 12.5. The third-order valence-corrected chi connectivity index (χ3v) is 4.90. The van der Waals surface area contributed by atoms with E-state index in [0.717, 1.165) is 19.4 Å². The van der Waals surface area contributed by atoms with Crippen molar-refractivity contribution in [1.82, 2.24) is 10.2 Å². The molecule has 5 nitrogen and oxygen atoms in total. The van der Waals surface area contributed by atoms with Crippen LogP contribution in [0, 0.1) is 5.92 Å². The van der Waals surface area contributed by atoms with E-state index in [1.165, 1.54) is 25.7 Å². The quantitative estimate of drug-likeness (QED) is 0.855. The number of ether oxygens (including phenoxy) is 2. The highest BCUT2D eigenvalue weighted by Gasteiger charge is 2.41. The van der Waals surface area contributed by atoms with Crippen LogP contribution in [0.5, 0.6) is 0 Å². The Bertz CT molecular complexity index is 351. The third-order valence-electron chi connectivity index (χ3n) is 4.90. The Hall–Kier alpha value is -0.810. The van der Waals surface area contributed by atoms with Gasteiger partial charge in [0.05, 0.1) is 31.4 Å². The van der Waals surface area contributed by atoms with Crippen molar-refractivity contribution < 1.29 is 14.3 Å². The van der Waals surface area contributed by atoms with Crippen molar-refractivity contribution in [3.8, 4) is 0 Å². The van der Waals surface area contributed by atoms with Gasteiger partial charge in [0.1, 0.15) is 0 Å². The smallest absolute Gasteiger partial charge is 0.317 e. The molecule has 0 aromatic carbocycles. The summed E-state index contributed by atoms with van der Waals surface area (Å²) in [7, 11) is 1.70. The maximum Gasteiger partial charge on any atom is 0.317 e. The Kier molecular flexibility index (Phi) is 4.17. The highest BCUT2D eigenvalue weighted by atomic mass is 16.5. The van der Waals surface area contributed by atoms with E-state index in [1.54, 1.807) is 7.11 Å². The first-order valence-corrected chi connectivity index (χ1v) is 7.91. The Balaban J connectivity index is 1.55. The zero-order chi connectivity index (χ0) is 14.0. The molecule has 20 heavy (non-hydrogen) atoms. The van der Waals surface area contributed by atoms with E-state index in [-0.39, 0.29) is 17.7 Å². The van der Waals surface area contributed by atoms with Gasteiger partial charge in [0.2, 0.25) is 0 Å². The second-order valence-electron chi connectivity index (χ2n) is 6.51. The molecule has 1 atom stereocenters. The Morgan fingerprint density at radius 2 is 2.20 bits per heavy atom. The lowest BCUT2D eigenvalue weighted by Gasteiger charge is -2.40. The SMILES string of the molecule is COC[C@@H](NC(=O)N1CCOC2(CCCC2)C1)C1CC1. The number of rotatable bonds is 4. The summed E-state index contributed by atoms with van der Waals surface area (Å²) >= 11 is 0. The Labute approximate surface area is 121 Å². The molecule has 1 N–H and O–H groups in total. The number of hydrogen-bond acceptors (Lipinski definition) is 3. The molecule has 3 fully saturated rings. The standard InChI is InChI=1S/C15H26N2O3/c1-19-10-13(12-4-5-12)16-14(18)17-8-9-20-15(11-17)6-2-3-7-15/h12-13H,2-11H2,1H3,(H,16,18)/t13-/m1/s1. The van der Waals surface area contributed by atoms with Crippen LogP contribution in [0.4, 0.5) is 4.79 Å². The summed E-state index contributed by atoms with van der Waals surface area (Å²) in [5, 5.41) is 3.16. The number of carbonyl (C=O) groups is 1. The van der Waals surface area contributed by atoms with E-state index in [2.05, 4.69) is 5.32 Å². The van der Waals surface area contributed by atoms with Gasteiger partial charge in [-0.1, -0.05) is 12.8 Å². The van der Waals surface area contributed by atoms with Gasteiger partial charge in [0, 0.05) is 13.7 Å². The molecule has 2 amide bonds. The lowest BCUT2D eigenvalue weighted by atomic mass is 10.00.